The van der Waals surface area contributed by atoms with Crippen LogP contribution in [0.25, 0.3) is 0 Å². The average molecular weight is 469 g/mol. The highest BCUT2D eigenvalue weighted by atomic mass is 16.3. The lowest BCUT2D eigenvalue weighted by Gasteiger charge is -2.42. The van der Waals surface area contributed by atoms with Crippen molar-refractivity contribution in [2.24, 2.45) is 11.3 Å². The number of aliphatic hydroxyl groups is 1. The Labute approximate surface area is 207 Å². The molecule has 0 atom stereocenters. The maximum atomic E-state index is 12.3. The zero-order valence-corrected chi connectivity index (χ0v) is 20.5. The molecule has 3 aromatic rings. The van der Waals surface area contributed by atoms with E-state index >= 15 is 0 Å². The molecule has 0 radical (unpaired) electrons. The topological polar surface area (TPSA) is 89.2 Å². The van der Waals surface area contributed by atoms with Gasteiger partial charge in [0.15, 0.2) is 0 Å². The molecule has 0 spiro atoms. The number of pyridine rings is 1. The number of amides is 1. The summed E-state index contributed by atoms with van der Waals surface area (Å²) in [6.07, 6.45) is 3.10. The second-order valence-electron chi connectivity index (χ2n) is 10.2. The summed E-state index contributed by atoms with van der Waals surface area (Å²) in [4.78, 5) is 19.0. The number of carbonyl (C=O) groups excluding carboxylic acids is 1. The average Bonchev–Trinajstić information content (AvgIpc) is 2.88. The van der Waals surface area contributed by atoms with Crippen molar-refractivity contribution >= 4 is 17.4 Å². The highest BCUT2D eigenvalue weighted by Crippen LogP contribution is 2.42. The molecule has 2 heterocycles. The molecular formula is C29H32N4O2. The molecule has 1 aromatic heterocycles. The van der Waals surface area contributed by atoms with Crippen LogP contribution >= 0.6 is 0 Å². The Morgan fingerprint density at radius 1 is 1.03 bits per heavy atom. The second-order valence-corrected chi connectivity index (χ2v) is 10.2. The van der Waals surface area contributed by atoms with Crippen LogP contribution in [0.4, 0.5) is 11.5 Å². The molecule has 1 aliphatic rings. The van der Waals surface area contributed by atoms with Crippen LogP contribution in [0.15, 0.2) is 72.9 Å². The molecule has 0 unspecified atom stereocenters. The molecule has 1 fully saturated rings. The fourth-order valence-electron chi connectivity index (χ4n) is 4.71. The lowest BCUT2D eigenvalue weighted by Crippen LogP contribution is -2.44. The molecular weight excluding hydrogens is 436 g/mol. The van der Waals surface area contributed by atoms with E-state index in [4.69, 9.17) is 0 Å². The molecule has 2 N–H and O–H groups in total. The van der Waals surface area contributed by atoms with Gasteiger partial charge in [-0.3, -0.25) is 4.79 Å². The van der Waals surface area contributed by atoms with Crippen LogP contribution in [0.5, 0.6) is 0 Å². The van der Waals surface area contributed by atoms with Gasteiger partial charge in [0.25, 0.3) is 0 Å². The van der Waals surface area contributed by atoms with Gasteiger partial charge >= 0.3 is 0 Å². The van der Waals surface area contributed by atoms with Crippen LogP contribution in [0.1, 0.15) is 50.3 Å². The summed E-state index contributed by atoms with van der Waals surface area (Å²) >= 11 is 0. The number of piperidine rings is 1. The zero-order valence-electron chi connectivity index (χ0n) is 20.5. The summed E-state index contributed by atoms with van der Waals surface area (Å²) in [6.45, 7) is 6.85. The van der Waals surface area contributed by atoms with E-state index in [1.165, 1.54) is 0 Å². The quantitative estimate of drug-likeness (QED) is 0.544. The summed E-state index contributed by atoms with van der Waals surface area (Å²) in [5.41, 5.74) is 1.08. The Balaban J connectivity index is 1.55. The molecule has 0 aliphatic carbocycles. The van der Waals surface area contributed by atoms with Crippen molar-refractivity contribution < 1.29 is 9.90 Å². The largest absolute Gasteiger partial charge is 0.380 e. The monoisotopic (exact) mass is 468 g/mol. The normalized spacial score (nSPS) is 14.9. The van der Waals surface area contributed by atoms with E-state index in [0.717, 1.165) is 24.0 Å². The van der Waals surface area contributed by atoms with Crippen molar-refractivity contribution in [3.63, 3.8) is 0 Å². The molecule has 0 bridgehead atoms. The Kier molecular flexibility index (Phi) is 6.90. The first-order chi connectivity index (χ1) is 16.7. The Bertz CT molecular complexity index is 1170. The van der Waals surface area contributed by atoms with Gasteiger partial charge in [-0.25, -0.2) is 4.98 Å². The van der Waals surface area contributed by atoms with E-state index in [1.54, 1.807) is 12.3 Å². The van der Waals surface area contributed by atoms with Crippen molar-refractivity contribution in [1.29, 1.82) is 5.26 Å². The highest BCUT2D eigenvalue weighted by Gasteiger charge is 2.41. The number of rotatable bonds is 5. The van der Waals surface area contributed by atoms with Crippen molar-refractivity contribution in [3.05, 3.63) is 89.6 Å². The van der Waals surface area contributed by atoms with E-state index in [2.05, 4.69) is 21.3 Å². The number of benzene rings is 2. The SMILES string of the molecule is CC(C)(C)C(=O)Nc1cnc(N2CCC(C(O)(c3ccccc3)c3ccccc3)CC2)c(C#N)c1. The van der Waals surface area contributed by atoms with E-state index in [0.29, 0.717) is 30.2 Å². The molecule has 35 heavy (non-hydrogen) atoms. The predicted octanol–water partition coefficient (Wildman–Crippen LogP) is 5.09. The molecule has 1 saturated heterocycles. The van der Waals surface area contributed by atoms with Gasteiger partial charge in [0.2, 0.25) is 5.91 Å². The second kappa shape index (κ2) is 9.89. The van der Waals surface area contributed by atoms with Gasteiger partial charge in [0.1, 0.15) is 17.5 Å². The summed E-state index contributed by atoms with van der Waals surface area (Å²) in [6, 6.07) is 23.6. The van der Waals surface area contributed by atoms with Crippen LogP contribution in [-0.2, 0) is 10.4 Å². The number of carbonyl (C=O) groups is 1. The van der Waals surface area contributed by atoms with Gasteiger partial charge < -0.3 is 15.3 Å². The minimum Gasteiger partial charge on any atom is -0.380 e. The van der Waals surface area contributed by atoms with E-state index < -0.39 is 11.0 Å². The number of hydrogen-bond donors (Lipinski definition) is 2. The third-order valence-electron chi connectivity index (χ3n) is 6.74. The van der Waals surface area contributed by atoms with Crippen molar-refractivity contribution in [3.8, 4) is 6.07 Å². The minimum atomic E-state index is -1.10. The van der Waals surface area contributed by atoms with Gasteiger partial charge in [-0.15, -0.1) is 0 Å². The maximum absolute atomic E-state index is 12.3. The standard InChI is InChI=1S/C29H32N4O2/c1-28(2,3)27(34)32-25-18-21(19-30)26(31-20-25)33-16-14-24(15-17-33)29(35,22-10-6-4-7-11-22)23-12-8-5-9-13-23/h4-13,18,20,24,35H,14-17H2,1-3H3,(H,32,34). The number of nitriles is 1. The first-order valence-corrected chi connectivity index (χ1v) is 12.0. The van der Waals surface area contributed by atoms with E-state index in [1.807, 2.05) is 81.4 Å². The first-order valence-electron chi connectivity index (χ1n) is 12.0. The lowest BCUT2D eigenvalue weighted by molar-refractivity contribution is -0.123. The molecule has 1 amide bonds. The number of hydrogen-bond acceptors (Lipinski definition) is 5. The number of anilines is 2. The van der Waals surface area contributed by atoms with Crippen LogP contribution < -0.4 is 10.2 Å². The van der Waals surface area contributed by atoms with Gasteiger partial charge in [-0.2, -0.15) is 5.26 Å². The molecule has 6 nitrogen and oxygen atoms in total. The van der Waals surface area contributed by atoms with Crippen LogP contribution in [0.2, 0.25) is 0 Å². The smallest absolute Gasteiger partial charge is 0.229 e. The number of nitrogens with one attached hydrogen (secondary N) is 1. The summed E-state index contributed by atoms with van der Waals surface area (Å²) in [7, 11) is 0. The lowest BCUT2D eigenvalue weighted by atomic mass is 9.72. The van der Waals surface area contributed by atoms with Crippen molar-refractivity contribution in [2.45, 2.75) is 39.2 Å². The molecule has 1 aliphatic heterocycles. The Hall–Kier alpha value is -3.69. The molecule has 2 aromatic carbocycles. The summed E-state index contributed by atoms with van der Waals surface area (Å²) in [5, 5.41) is 24.7. The zero-order chi connectivity index (χ0) is 25.1. The van der Waals surface area contributed by atoms with Gasteiger partial charge in [-0.05, 0) is 36.0 Å². The first kappa shape index (κ1) is 24.4. The third-order valence-corrected chi connectivity index (χ3v) is 6.74. The molecule has 0 saturated carbocycles. The Morgan fingerprint density at radius 2 is 1.57 bits per heavy atom. The van der Waals surface area contributed by atoms with Crippen LogP contribution in [0.3, 0.4) is 0 Å². The van der Waals surface area contributed by atoms with E-state index in [-0.39, 0.29) is 11.8 Å². The van der Waals surface area contributed by atoms with Crippen LogP contribution in [-0.4, -0.2) is 29.1 Å². The van der Waals surface area contributed by atoms with E-state index in [9.17, 15) is 15.2 Å². The predicted molar refractivity (Wildman–Crippen MR) is 138 cm³/mol. The van der Waals surface area contributed by atoms with Crippen LogP contribution in [0, 0.1) is 22.7 Å². The fraction of sp³-hybridized carbons (Fsp3) is 0.345. The minimum absolute atomic E-state index is 0.0134. The van der Waals surface area contributed by atoms with Crippen molar-refractivity contribution in [2.75, 3.05) is 23.3 Å². The third kappa shape index (κ3) is 5.06. The number of nitrogens with zero attached hydrogens (tertiary/aromatic N) is 3. The van der Waals surface area contributed by atoms with Crippen molar-refractivity contribution in [1.82, 2.24) is 4.98 Å². The Morgan fingerprint density at radius 3 is 2.06 bits per heavy atom. The maximum Gasteiger partial charge on any atom is 0.229 e. The van der Waals surface area contributed by atoms with Gasteiger partial charge in [-0.1, -0.05) is 81.4 Å². The molecule has 6 heteroatoms. The summed E-state index contributed by atoms with van der Waals surface area (Å²) < 4.78 is 0. The highest BCUT2D eigenvalue weighted by molar-refractivity contribution is 5.94. The number of aromatic nitrogens is 1. The van der Waals surface area contributed by atoms with Gasteiger partial charge in [0.05, 0.1) is 17.4 Å². The molecule has 180 valence electrons. The summed E-state index contributed by atoms with van der Waals surface area (Å²) in [5.74, 6) is 0.500. The van der Waals surface area contributed by atoms with Gasteiger partial charge in [0, 0.05) is 18.5 Å². The molecule has 4 rings (SSSR count). The fourth-order valence-corrected chi connectivity index (χ4v) is 4.71.